The van der Waals surface area contributed by atoms with Crippen LogP contribution in [-0.2, 0) is 0 Å². The number of benzene rings is 2. The van der Waals surface area contributed by atoms with Crippen LogP contribution in [0, 0.1) is 0 Å². The molecule has 0 saturated carbocycles. The third-order valence-corrected chi connectivity index (χ3v) is 4.35. The lowest BCUT2D eigenvalue weighted by molar-refractivity contribution is 0.772. The molecule has 0 aliphatic heterocycles. The summed E-state index contributed by atoms with van der Waals surface area (Å²) in [4.78, 5) is 1.07. The minimum Gasteiger partial charge on any atom is -0.319 e. The van der Waals surface area contributed by atoms with Gasteiger partial charge in [-0.25, -0.2) is 0 Å². The third-order valence-electron chi connectivity index (χ3n) is 3.53. The molecule has 2 aromatic carbocycles. The van der Waals surface area contributed by atoms with Crippen LogP contribution in [0.15, 0.2) is 42.5 Å². The SMILES string of the molecule is CC(C)c1nnsc1C(N)c1cccc2ccccc12. The Labute approximate surface area is 122 Å². The van der Waals surface area contributed by atoms with E-state index in [4.69, 9.17) is 5.73 Å². The minimum atomic E-state index is -0.168. The first-order valence-corrected chi connectivity index (χ1v) is 7.51. The molecule has 0 bridgehead atoms. The Morgan fingerprint density at radius 3 is 2.60 bits per heavy atom. The third kappa shape index (κ3) is 2.21. The maximum Gasteiger partial charge on any atom is 0.0832 e. The van der Waals surface area contributed by atoms with Gasteiger partial charge in [-0.1, -0.05) is 60.8 Å². The average molecular weight is 283 g/mol. The Balaban J connectivity index is 2.13. The van der Waals surface area contributed by atoms with Gasteiger partial charge in [-0.05, 0) is 33.8 Å². The van der Waals surface area contributed by atoms with E-state index in [0.29, 0.717) is 5.92 Å². The maximum absolute atomic E-state index is 6.50. The van der Waals surface area contributed by atoms with Gasteiger partial charge in [0.15, 0.2) is 0 Å². The summed E-state index contributed by atoms with van der Waals surface area (Å²) < 4.78 is 4.08. The van der Waals surface area contributed by atoms with E-state index < -0.39 is 0 Å². The van der Waals surface area contributed by atoms with Gasteiger partial charge >= 0.3 is 0 Å². The van der Waals surface area contributed by atoms with Crippen molar-refractivity contribution in [2.45, 2.75) is 25.8 Å². The minimum absolute atomic E-state index is 0.168. The van der Waals surface area contributed by atoms with Crippen molar-refractivity contribution in [3.63, 3.8) is 0 Å². The van der Waals surface area contributed by atoms with Crippen LogP contribution in [0.2, 0.25) is 0 Å². The Morgan fingerprint density at radius 2 is 1.80 bits per heavy atom. The normalized spacial score (nSPS) is 13.0. The number of nitrogens with two attached hydrogens (primary N) is 1. The monoisotopic (exact) mass is 283 g/mol. The summed E-state index contributed by atoms with van der Waals surface area (Å²) >= 11 is 1.40. The second-order valence-electron chi connectivity index (χ2n) is 5.22. The molecule has 3 rings (SSSR count). The van der Waals surface area contributed by atoms with Gasteiger partial charge in [0.1, 0.15) is 0 Å². The number of hydrogen-bond donors (Lipinski definition) is 1. The van der Waals surface area contributed by atoms with Gasteiger partial charge in [0.25, 0.3) is 0 Å². The second kappa shape index (κ2) is 5.31. The van der Waals surface area contributed by atoms with E-state index in [0.717, 1.165) is 16.1 Å². The molecular weight excluding hydrogens is 266 g/mol. The highest BCUT2D eigenvalue weighted by Crippen LogP contribution is 2.32. The van der Waals surface area contributed by atoms with E-state index in [-0.39, 0.29) is 6.04 Å². The molecule has 1 unspecified atom stereocenters. The lowest BCUT2D eigenvalue weighted by Gasteiger charge is -2.15. The van der Waals surface area contributed by atoms with E-state index in [9.17, 15) is 0 Å². The van der Waals surface area contributed by atoms with Gasteiger partial charge in [0.05, 0.1) is 16.6 Å². The molecule has 1 aromatic heterocycles. The number of hydrogen-bond acceptors (Lipinski definition) is 4. The van der Waals surface area contributed by atoms with Crippen LogP contribution >= 0.6 is 11.5 Å². The molecule has 3 nitrogen and oxygen atoms in total. The van der Waals surface area contributed by atoms with Crippen molar-refractivity contribution in [3.8, 4) is 0 Å². The number of aromatic nitrogens is 2. The first kappa shape index (κ1) is 13.2. The van der Waals surface area contributed by atoms with E-state index in [2.05, 4.69) is 53.8 Å². The summed E-state index contributed by atoms with van der Waals surface area (Å²) in [7, 11) is 0. The van der Waals surface area contributed by atoms with Crippen molar-refractivity contribution in [1.29, 1.82) is 0 Å². The molecule has 0 aliphatic carbocycles. The lowest BCUT2D eigenvalue weighted by atomic mass is 9.96. The van der Waals surface area contributed by atoms with Crippen LogP contribution in [0.5, 0.6) is 0 Å². The van der Waals surface area contributed by atoms with E-state index >= 15 is 0 Å². The molecule has 1 atom stereocenters. The molecule has 0 saturated heterocycles. The van der Waals surface area contributed by atoms with Gasteiger partial charge < -0.3 is 5.73 Å². The van der Waals surface area contributed by atoms with Crippen molar-refractivity contribution in [3.05, 3.63) is 58.6 Å². The van der Waals surface area contributed by atoms with Gasteiger partial charge in [-0.2, -0.15) is 0 Å². The average Bonchev–Trinajstić information content (AvgIpc) is 2.95. The first-order chi connectivity index (χ1) is 9.68. The molecule has 1 heterocycles. The summed E-state index contributed by atoms with van der Waals surface area (Å²) in [6, 6.07) is 14.4. The first-order valence-electron chi connectivity index (χ1n) is 6.74. The molecule has 0 spiro atoms. The largest absolute Gasteiger partial charge is 0.319 e. The predicted molar refractivity (Wildman–Crippen MR) is 84.0 cm³/mol. The Morgan fingerprint density at radius 1 is 1.05 bits per heavy atom. The highest BCUT2D eigenvalue weighted by Gasteiger charge is 2.20. The molecule has 0 fully saturated rings. The van der Waals surface area contributed by atoms with Gasteiger partial charge in [0, 0.05) is 0 Å². The Hall–Kier alpha value is -1.78. The molecule has 0 amide bonds. The van der Waals surface area contributed by atoms with Crippen LogP contribution in [0.3, 0.4) is 0 Å². The fourth-order valence-electron chi connectivity index (χ4n) is 2.48. The fourth-order valence-corrected chi connectivity index (χ4v) is 3.31. The van der Waals surface area contributed by atoms with E-state index in [1.807, 2.05) is 12.1 Å². The molecule has 20 heavy (non-hydrogen) atoms. The van der Waals surface area contributed by atoms with E-state index in [1.54, 1.807) is 0 Å². The highest BCUT2D eigenvalue weighted by atomic mass is 32.1. The number of fused-ring (bicyclic) bond motifs is 1. The summed E-state index contributed by atoms with van der Waals surface area (Å²) in [5, 5.41) is 6.64. The summed E-state index contributed by atoms with van der Waals surface area (Å²) in [5.74, 6) is 0.338. The fraction of sp³-hybridized carbons (Fsp3) is 0.250. The molecule has 0 radical (unpaired) electrons. The Bertz CT molecular complexity index is 728. The summed E-state index contributed by atoms with van der Waals surface area (Å²) in [6.45, 7) is 4.24. The molecule has 102 valence electrons. The van der Waals surface area contributed by atoms with Gasteiger partial charge in [-0.15, -0.1) is 5.10 Å². The maximum atomic E-state index is 6.50. The van der Waals surface area contributed by atoms with Crippen LogP contribution < -0.4 is 5.73 Å². The van der Waals surface area contributed by atoms with Crippen molar-refractivity contribution >= 4 is 22.3 Å². The van der Waals surface area contributed by atoms with Crippen LogP contribution in [-0.4, -0.2) is 9.59 Å². The van der Waals surface area contributed by atoms with E-state index in [1.165, 1.54) is 22.3 Å². The topological polar surface area (TPSA) is 51.8 Å². The molecule has 3 aromatic rings. The number of rotatable bonds is 3. The molecule has 0 aliphatic rings. The zero-order chi connectivity index (χ0) is 14.1. The smallest absolute Gasteiger partial charge is 0.0832 e. The predicted octanol–water partition coefficient (Wildman–Crippen LogP) is 3.86. The van der Waals surface area contributed by atoms with Gasteiger partial charge in [-0.3, -0.25) is 0 Å². The summed E-state index contributed by atoms with van der Waals surface area (Å²) in [5.41, 5.74) is 8.64. The van der Waals surface area contributed by atoms with Crippen molar-refractivity contribution in [2.24, 2.45) is 5.73 Å². The zero-order valence-electron chi connectivity index (χ0n) is 11.6. The van der Waals surface area contributed by atoms with Gasteiger partial charge in [0.2, 0.25) is 0 Å². The van der Waals surface area contributed by atoms with Crippen LogP contribution in [0.4, 0.5) is 0 Å². The highest BCUT2D eigenvalue weighted by molar-refractivity contribution is 7.05. The lowest BCUT2D eigenvalue weighted by Crippen LogP contribution is -2.13. The number of nitrogens with zero attached hydrogens (tertiary/aromatic N) is 2. The zero-order valence-corrected chi connectivity index (χ0v) is 12.4. The molecule has 4 heteroatoms. The van der Waals surface area contributed by atoms with Crippen LogP contribution in [0.1, 0.15) is 41.9 Å². The molecular formula is C16H17N3S. The standard InChI is InChI=1S/C16H17N3S/c1-10(2)15-16(20-19-18-15)14(17)13-9-5-7-11-6-3-4-8-12(11)13/h3-10,14H,17H2,1-2H3. The molecule has 2 N–H and O–H groups in total. The van der Waals surface area contributed by atoms with Crippen molar-refractivity contribution in [1.82, 2.24) is 9.59 Å². The van der Waals surface area contributed by atoms with Crippen LogP contribution in [0.25, 0.3) is 10.8 Å². The van der Waals surface area contributed by atoms with Crippen molar-refractivity contribution < 1.29 is 0 Å². The van der Waals surface area contributed by atoms with Crippen molar-refractivity contribution in [2.75, 3.05) is 0 Å². The second-order valence-corrected chi connectivity index (χ2v) is 6.01. The Kier molecular flexibility index (Phi) is 3.51. The summed E-state index contributed by atoms with van der Waals surface area (Å²) in [6.07, 6.45) is 0. The quantitative estimate of drug-likeness (QED) is 0.794.